The minimum Gasteiger partial charge on any atom is -0.497 e. The molecule has 0 bridgehead atoms. The van der Waals surface area contributed by atoms with E-state index in [1.807, 2.05) is 90.4 Å². The van der Waals surface area contributed by atoms with Gasteiger partial charge in [0.15, 0.2) is 16.8 Å². The van der Waals surface area contributed by atoms with Crippen molar-refractivity contribution in [1.29, 1.82) is 0 Å². The highest BCUT2D eigenvalue weighted by Crippen LogP contribution is 2.33. The number of ether oxygens (including phenoxy) is 2. The summed E-state index contributed by atoms with van der Waals surface area (Å²) in [4.78, 5) is 35.0. The Hall–Kier alpha value is -5.81. The summed E-state index contributed by atoms with van der Waals surface area (Å²) < 4.78 is 13.2. The second-order valence-electron chi connectivity index (χ2n) is 11.6. The second kappa shape index (κ2) is 14.1. The molecule has 0 saturated carbocycles. The third-order valence-corrected chi connectivity index (χ3v) is 9.16. The average molecular weight is 669 g/mol. The summed E-state index contributed by atoms with van der Waals surface area (Å²) in [7, 11) is 1.62. The minimum absolute atomic E-state index is 0.00641. The number of carbonyl (C=O) groups is 2. The zero-order valence-corrected chi connectivity index (χ0v) is 27.7. The molecule has 6 aromatic rings. The first-order chi connectivity index (χ1) is 23.9. The van der Waals surface area contributed by atoms with Crippen LogP contribution in [0.2, 0.25) is 0 Å². The average Bonchev–Trinajstić information content (AvgIpc) is 3.55. The third-order valence-electron chi connectivity index (χ3n) is 8.23. The maximum absolute atomic E-state index is 13.2. The Morgan fingerprint density at radius 1 is 0.878 bits per heavy atom. The van der Waals surface area contributed by atoms with Gasteiger partial charge in [0.2, 0.25) is 11.9 Å². The number of nitrogens with zero attached hydrogens (tertiary/aromatic N) is 5. The molecule has 1 N–H and O–H groups in total. The van der Waals surface area contributed by atoms with E-state index in [9.17, 15) is 9.59 Å². The van der Waals surface area contributed by atoms with E-state index in [0.717, 1.165) is 33.9 Å². The highest BCUT2D eigenvalue weighted by molar-refractivity contribution is 7.99. The van der Waals surface area contributed by atoms with Crippen LogP contribution in [0.5, 0.6) is 17.2 Å². The van der Waals surface area contributed by atoms with Crippen LogP contribution in [0.15, 0.2) is 114 Å². The van der Waals surface area contributed by atoms with E-state index in [0.29, 0.717) is 40.8 Å². The number of anilines is 1. The molecule has 1 amide bonds. The van der Waals surface area contributed by atoms with Crippen molar-refractivity contribution in [2.45, 2.75) is 30.8 Å². The fourth-order valence-corrected chi connectivity index (χ4v) is 6.43. The number of hydrogen-bond donors (Lipinski definition) is 1. The Balaban J connectivity index is 1.09. The maximum Gasteiger partial charge on any atom is 0.237 e. The molecule has 0 unspecified atom stereocenters. The first-order valence-electron chi connectivity index (χ1n) is 15.7. The van der Waals surface area contributed by atoms with E-state index in [4.69, 9.17) is 9.47 Å². The van der Waals surface area contributed by atoms with Crippen LogP contribution in [-0.4, -0.2) is 49.3 Å². The maximum atomic E-state index is 13.2. The van der Waals surface area contributed by atoms with Gasteiger partial charge in [-0.05, 0) is 85.5 Å². The van der Waals surface area contributed by atoms with Gasteiger partial charge in [0, 0.05) is 23.9 Å². The fourth-order valence-electron chi connectivity index (χ4n) is 5.68. The summed E-state index contributed by atoms with van der Waals surface area (Å²) in [5.74, 6) is 2.66. The number of ketones is 1. The molecular weight excluding hydrogens is 637 g/mol. The highest BCUT2D eigenvalue weighted by atomic mass is 32.2. The Kier molecular flexibility index (Phi) is 9.16. The van der Waals surface area contributed by atoms with Crippen LogP contribution >= 0.6 is 11.8 Å². The summed E-state index contributed by atoms with van der Waals surface area (Å²) in [5.41, 5.74) is 5.04. The Labute approximate surface area is 287 Å². The molecule has 49 heavy (non-hydrogen) atoms. The quantitative estimate of drug-likeness (QED) is 0.148. The number of carbonyl (C=O) groups excluding carboxylic acids is 2. The van der Waals surface area contributed by atoms with Crippen molar-refractivity contribution in [3.63, 3.8) is 0 Å². The van der Waals surface area contributed by atoms with Crippen LogP contribution in [-0.2, 0) is 11.2 Å². The molecule has 0 fully saturated rings. The number of fused-ring (bicyclic) bond motifs is 1. The molecule has 1 atom stereocenters. The molecule has 11 heteroatoms. The van der Waals surface area contributed by atoms with Crippen molar-refractivity contribution in [3.05, 3.63) is 132 Å². The van der Waals surface area contributed by atoms with Gasteiger partial charge in [-0.2, -0.15) is 0 Å². The van der Waals surface area contributed by atoms with Crippen molar-refractivity contribution in [3.8, 4) is 34.3 Å². The molecule has 0 aliphatic heterocycles. The molecule has 0 saturated heterocycles. The number of Topliss-reactive ketones (excluding diaryl/α,β-unsaturated/α-hetero) is 1. The zero-order chi connectivity index (χ0) is 33.7. The second-order valence-corrected chi connectivity index (χ2v) is 12.6. The lowest BCUT2D eigenvalue weighted by molar-refractivity contribution is -0.113. The van der Waals surface area contributed by atoms with Crippen LogP contribution in [0.4, 0.5) is 5.95 Å². The predicted octanol–water partition coefficient (Wildman–Crippen LogP) is 7.48. The van der Waals surface area contributed by atoms with Crippen molar-refractivity contribution in [1.82, 2.24) is 24.7 Å². The van der Waals surface area contributed by atoms with E-state index < -0.39 is 0 Å². The van der Waals surface area contributed by atoms with Gasteiger partial charge in [-0.25, -0.2) is 9.97 Å². The lowest BCUT2D eigenvalue weighted by atomic mass is 9.82. The normalized spacial score (nSPS) is 13.8. The first kappa shape index (κ1) is 31.8. The van der Waals surface area contributed by atoms with Gasteiger partial charge in [0.25, 0.3) is 0 Å². The van der Waals surface area contributed by atoms with Crippen molar-refractivity contribution < 1.29 is 19.1 Å². The first-order valence-corrected chi connectivity index (χ1v) is 16.7. The van der Waals surface area contributed by atoms with E-state index in [2.05, 4.69) is 49.7 Å². The van der Waals surface area contributed by atoms with Crippen LogP contribution < -0.4 is 14.8 Å². The van der Waals surface area contributed by atoms with Crippen LogP contribution in [0.25, 0.3) is 17.1 Å². The van der Waals surface area contributed by atoms with Gasteiger partial charge in [-0.15, -0.1) is 10.2 Å². The van der Waals surface area contributed by atoms with E-state index in [-0.39, 0.29) is 29.3 Å². The lowest BCUT2D eigenvalue weighted by Crippen LogP contribution is -2.23. The largest absolute Gasteiger partial charge is 0.497 e. The number of aromatic nitrogens is 5. The molecule has 4 aromatic carbocycles. The summed E-state index contributed by atoms with van der Waals surface area (Å²) in [6, 6.07) is 32.9. The number of rotatable bonds is 10. The van der Waals surface area contributed by atoms with Crippen LogP contribution in [0.1, 0.15) is 39.5 Å². The summed E-state index contributed by atoms with van der Waals surface area (Å²) in [5, 5.41) is 12.3. The van der Waals surface area contributed by atoms with Crippen molar-refractivity contribution in [2.75, 3.05) is 18.2 Å². The number of methoxy groups -OCH3 is 1. The SMILES string of the molecule is COc1ccc(-c2nnc(SCC(=O)Nc3ncc4c(n3)C[C@H](c3ccc(C)cc3)CC4=O)n2-c2ccc(Oc3ccccc3)cc2)cc1. The molecule has 2 heterocycles. The molecule has 10 nitrogen and oxygen atoms in total. The van der Waals surface area contributed by atoms with Gasteiger partial charge >= 0.3 is 0 Å². The molecule has 0 spiro atoms. The van der Waals surface area contributed by atoms with E-state index in [1.165, 1.54) is 18.0 Å². The monoisotopic (exact) mass is 668 g/mol. The predicted molar refractivity (Wildman–Crippen MR) is 188 cm³/mol. The fraction of sp³-hybridized carbons (Fsp3) is 0.158. The van der Waals surface area contributed by atoms with Gasteiger partial charge in [-0.1, -0.05) is 59.8 Å². The summed E-state index contributed by atoms with van der Waals surface area (Å²) in [6.07, 6.45) is 2.52. The van der Waals surface area contributed by atoms with E-state index >= 15 is 0 Å². The number of aryl methyl sites for hydroxylation is 1. The summed E-state index contributed by atoms with van der Waals surface area (Å²) >= 11 is 1.24. The summed E-state index contributed by atoms with van der Waals surface area (Å²) in [6.45, 7) is 2.04. The molecule has 2 aromatic heterocycles. The number of amides is 1. The third kappa shape index (κ3) is 7.21. The Morgan fingerprint density at radius 3 is 2.33 bits per heavy atom. The van der Waals surface area contributed by atoms with E-state index in [1.54, 1.807) is 7.11 Å². The number of thioether (sulfide) groups is 1. The zero-order valence-electron chi connectivity index (χ0n) is 26.9. The minimum atomic E-state index is -0.311. The number of benzene rings is 4. The Morgan fingerprint density at radius 2 is 1.59 bits per heavy atom. The molecule has 1 aliphatic carbocycles. The molecule has 0 radical (unpaired) electrons. The molecule has 7 rings (SSSR count). The Bertz CT molecular complexity index is 2100. The topological polar surface area (TPSA) is 121 Å². The van der Waals surface area contributed by atoms with Crippen molar-refractivity contribution >= 4 is 29.4 Å². The number of hydrogen-bond acceptors (Lipinski definition) is 9. The van der Waals surface area contributed by atoms with Gasteiger partial charge in [-0.3, -0.25) is 19.5 Å². The van der Waals surface area contributed by atoms with Crippen molar-refractivity contribution in [2.24, 2.45) is 0 Å². The smallest absolute Gasteiger partial charge is 0.237 e. The van der Waals surface area contributed by atoms with Gasteiger partial charge in [0.1, 0.15) is 17.2 Å². The molecular formula is C38H32N6O4S. The van der Waals surface area contributed by atoms with Gasteiger partial charge < -0.3 is 9.47 Å². The number of para-hydroxylation sites is 1. The lowest BCUT2D eigenvalue weighted by Gasteiger charge is -2.23. The standard InChI is InChI=1S/C38H32N6O4S/c1-24-8-10-25(11-9-24)27-20-33-32(34(45)21-27)22-39-37(40-33)41-35(46)23-49-38-43-42-36(26-12-16-29(47-2)17-13-26)44(38)28-14-18-31(19-15-28)48-30-6-4-3-5-7-30/h3-19,22,27H,20-21,23H2,1-2H3,(H,39,40,41,46)/t27-/m0/s1. The molecule has 244 valence electrons. The molecule has 1 aliphatic rings. The number of nitrogens with one attached hydrogen (secondary N) is 1. The van der Waals surface area contributed by atoms with Gasteiger partial charge in [0.05, 0.1) is 24.1 Å². The van der Waals surface area contributed by atoms with Crippen LogP contribution in [0, 0.1) is 6.92 Å². The van der Waals surface area contributed by atoms with Crippen LogP contribution in [0.3, 0.4) is 0 Å². The highest BCUT2D eigenvalue weighted by Gasteiger charge is 2.28.